The van der Waals surface area contributed by atoms with Gasteiger partial charge in [-0.2, -0.15) is 0 Å². The number of allylic oxidation sites excluding steroid dienone is 4. The molecule has 55 heavy (non-hydrogen) atoms. The van der Waals surface area contributed by atoms with E-state index >= 15 is 0 Å². The molecule has 0 saturated heterocycles. The molecule has 8 aromatic rings. The normalized spacial score (nSPS) is 15.4. The summed E-state index contributed by atoms with van der Waals surface area (Å²) >= 11 is 0. The Balaban J connectivity index is 1.12. The van der Waals surface area contributed by atoms with Gasteiger partial charge < -0.3 is 0 Å². The molecular weight excluding hydrogens is 667 g/mol. The van der Waals surface area contributed by atoms with Crippen molar-refractivity contribution in [3.8, 4) is 56.2 Å². The van der Waals surface area contributed by atoms with E-state index in [1.807, 2.05) is 6.07 Å². The van der Waals surface area contributed by atoms with Crippen LogP contribution >= 0.6 is 0 Å². The zero-order chi connectivity index (χ0) is 36.9. The molecular formula is C52H39N3. The lowest BCUT2D eigenvalue weighted by Gasteiger charge is -2.21. The Morgan fingerprint density at radius 2 is 1.09 bits per heavy atom. The first-order chi connectivity index (χ1) is 27.0. The molecule has 0 radical (unpaired) electrons. The van der Waals surface area contributed by atoms with Crippen LogP contribution in [0.2, 0.25) is 0 Å². The van der Waals surface area contributed by atoms with Gasteiger partial charge in [-0.3, -0.25) is 0 Å². The highest BCUT2D eigenvalue weighted by Crippen LogP contribution is 2.50. The van der Waals surface area contributed by atoms with Crippen molar-refractivity contribution in [3.05, 3.63) is 205 Å². The van der Waals surface area contributed by atoms with Crippen LogP contribution in [-0.2, 0) is 5.41 Å². The molecule has 2 aliphatic carbocycles. The van der Waals surface area contributed by atoms with Crippen molar-refractivity contribution >= 4 is 16.3 Å². The van der Waals surface area contributed by atoms with Crippen LogP contribution < -0.4 is 0 Å². The maximum absolute atomic E-state index is 5.28. The summed E-state index contributed by atoms with van der Waals surface area (Å²) in [5.41, 5.74) is 14.4. The number of hydrogen-bond donors (Lipinski definition) is 0. The third-order valence-electron chi connectivity index (χ3n) is 11.5. The molecule has 0 bridgehead atoms. The molecule has 1 unspecified atom stereocenters. The van der Waals surface area contributed by atoms with Crippen molar-refractivity contribution in [1.29, 1.82) is 0 Å². The number of hydrogen-bond acceptors (Lipinski definition) is 3. The van der Waals surface area contributed by atoms with E-state index in [2.05, 4.69) is 190 Å². The van der Waals surface area contributed by atoms with Gasteiger partial charge in [-0.1, -0.05) is 178 Å². The molecule has 262 valence electrons. The standard InChI is InChI=1S/C52H39N3/c1-52(2)47-26-12-11-25-44(47)46-33-38(27-30-48(46)52)41-28-29-45(43-24-10-9-23-42(41)43)51-54-49(39-21-13-19-36(31-39)34-15-5-3-6-16-34)53-50(55-51)40-22-14-20-37(32-40)35-17-7-4-8-18-35/h3-31,33,37H,32H2,1-2H3. The Morgan fingerprint density at radius 1 is 0.455 bits per heavy atom. The zero-order valence-corrected chi connectivity index (χ0v) is 30.9. The fourth-order valence-corrected chi connectivity index (χ4v) is 8.64. The lowest BCUT2D eigenvalue weighted by molar-refractivity contribution is 0.660. The van der Waals surface area contributed by atoms with E-state index in [0.29, 0.717) is 17.5 Å². The first kappa shape index (κ1) is 32.9. The first-order valence-electron chi connectivity index (χ1n) is 19.1. The van der Waals surface area contributed by atoms with Crippen LogP contribution in [0, 0.1) is 0 Å². The Kier molecular flexibility index (Phi) is 7.96. The summed E-state index contributed by atoms with van der Waals surface area (Å²) in [4.78, 5) is 15.7. The third kappa shape index (κ3) is 5.80. The molecule has 0 saturated carbocycles. The maximum atomic E-state index is 5.28. The predicted molar refractivity (Wildman–Crippen MR) is 228 cm³/mol. The Hall–Kier alpha value is -6.71. The maximum Gasteiger partial charge on any atom is 0.164 e. The molecule has 3 nitrogen and oxygen atoms in total. The van der Waals surface area contributed by atoms with Gasteiger partial charge in [-0.15, -0.1) is 0 Å². The van der Waals surface area contributed by atoms with Crippen LogP contribution in [-0.4, -0.2) is 15.0 Å². The fourth-order valence-electron chi connectivity index (χ4n) is 8.64. The van der Waals surface area contributed by atoms with Crippen LogP contribution in [0.15, 0.2) is 182 Å². The zero-order valence-electron chi connectivity index (χ0n) is 30.9. The van der Waals surface area contributed by atoms with Gasteiger partial charge in [0.05, 0.1) is 0 Å². The molecule has 0 fully saturated rings. The summed E-state index contributed by atoms with van der Waals surface area (Å²) in [5, 5.41) is 2.28. The SMILES string of the molecule is CC1(C)c2ccccc2-c2cc(-c3ccc(-c4nc(C5=CC=CC(c6ccccc6)C5)nc(-c5cccc(-c6ccccc6)c5)n4)c4ccccc34)ccc21. The summed E-state index contributed by atoms with van der Waals surface area (Å²) in [6.45, 7) is 4.66. The number of aromatic nitrogens is 3. The summed E-state index contributed by atoms with van der Waals surface area (Å²) in [5.74, 6) is 2.29. The molecule has 0 amide bonds. The van der Waals surface area contributed by atoms with Gasteiger partial charge >= 0.3 is 0 Å². The van der Waals surface area contributed by atoms with Crippen molar-refractivity contribution in [2.45, 2.75) is 31.6 Å². The predicted octanol–water partition coefficient (Wildman–Crippen LogP) is 13.1. The molecule has 10 rings (SSSR count). The van der Waals surface area contributed by atoms with Gasteiger partial charge in [0.2, 0.25) is 0 Å². The summed E-state index contributed by atoms with van der Waals surface area (Å²) in [6.07, 6.45) is 7.40. The molecule has 1 heterocycles. The van der Waals surface area contributed by atoms with E-state index in [0.717, 1.165) is 39.6 Å². The first-order valence-corrected chi connectivity index (χ1v) is 19.1. The summed E-state index contributed by atoms with van der Waals surface area (Å²) in [7, 11) is 0. The number of benzene rings is 7. The molecule has 1 atom stereocenters. The minimum atomic E-state index is -0.0320. The van der Waals surface area contributed by atoms with Crippen LogP contribution in [0.5, 0.6) is 0 Å². The molecule has 3 heteroatoms. The van der Waals surface area contributed by atoms with Crippen molar-refractivity contribution in [3.63, 3.8) is 0 Å². The lowest BCUT2D eigenvalue weighted by Crippen LogP contribution is -2.14. The van der Waals surface area contributed by atoms with Crippen molar-refractivity contribution in [2.75, 3.05) is 0 Å². The van der Waals surface area contributed by atoms with Gasteiger partial charge in [-0.05, 0) is 91.0 Å². The Bertz CT molecular complexity index is 2810. The second-order valence-electron chi connectivity index (χ2n) is 15.2. The minimum absolute atomic E-state index is 0.0320. The van der Waals surface area contributed by atoms with Gasteiger partial charge in [0.15, 0.2) is 17.5 Å². The van der Waals surface area contributed by atoms with Crippen molar-refractivity contribution in [2.24, 2.45) is 0 Å². The van der Waals surface area contributed by atoms with Gasteiger partial charge in [-0.25, -0.2) is 15.0 Å². The van der Waals surface area contributed by atoms with Crippen molar-refractivity contribution in [1.82, 2.24) is 15.0 Å². The molecule has 0 N–H and O–H groups in total. The lowest BCUT2D eigenvalue weighted by atomic mass is 9.82. The third-order valence-corrected chi connectivity index (χ3v) is 11.5. The highest BCUT2D eigenvalue weighted by atomic mass is 15.0. The monoisotopic (exact) mass is 705 g/mol. The van der Waals surface area contributed by atoms with Crippen molar-refractivity contribution < 1.29 is 0 Å². The number of rotatable bonds is 6. The van der Waals surface area contributed by atoms with Crippen LogP contribution in [0.25, 0.3) is 72.5 Å². The second-order valence-corrected chi connectivity index (χ2v) is 15.2. The highest BCUT2D eigenvalue weighted by Gasteiger charge is 2.35. The van der Waals surface area contributed by atoms with Crippen LogP contribution in [0.4, 0.5) is 0 Å². The fraction of sp³-hybridized carbons (Fsp3) is 0.0962. The topological polar surface area (TPSA) is 38.7 Å². The molecule has 0 spiro atoms. The molecule has 2 aliphatic rings. The van der Waals surface area contributed by atoms with E-state index in [1.54, 1.807) is 0 Å². The molecule has 1 aromatic heterocycles. The second kappa shape index (κ2) is 13.3. The quantitative estimate of drug-likeness (QED) is 0.173. The highest BCUT2D eigenvalue weighted by molar-refractivity contribution is 6.05. The average molecular weight is 706 g/mol. The number of nitrogens with zero attached hydrogens (tertiary/aromatic N) is 3. The van der Waals surface area contributed by atoms with Crippen LogP contribution in [0.1, 0.15) is 48.7 Å². The largest absolute Gasteiger partial charge is 0.209 e. The van der Waals surface area contributed by atoms with Crippen LogP contribution in [0.3, 0.4) is 0 Å². The Labute approximate surface area is 322 Å². The smallest absolute Gasteiger partial charge is 0.164 e. The minimum Gasteiger partial charge on any atom is -0.209 e. The van der Waals surface area contributed by atoms with Gasteiger partial charge in [0, 0.05) is 22.5 Å². The average Bonchev–Trinajstić information content (AvgIpc) is 3.49. The van der Waals surface area contributed by atoms with E-state index in [-0.39, 0.29) is 11.3 Å². The molecule has 7 aromatic carbocycles. The van der Waals surface area contributed by atoms with Gasteiger partial charge in [0.1, 0.15) is 0 Å². The van der Waals surface area contributed by atoms with Gasteiger partial charge in [0.25, 0.3) is 0 Å². The van der Waals surface area contributed by atoms with E-state index in [9.17, 15) is 0 Å². The van der Waals surface area contributed by atoms with E-state index in [4.69, 9.17) is 15.0 Å². The van der Waals surface area contributed by atoms with E-state index < -0.39 is 0 Å². The Morgan fingerprint density at radius 3 is 1.93 bits per heavy atom. The molecule has 0 aliphatic heterocycles. The van der Waals surface area contributed by atoms with E-state index in [1.165, 1.54) is 44.3 Å². The summed E-state index contributed by atoms with van der Waals surface area (Å²) < 4.78 is 0. The summed E-state index contributed by atoms with van der Waals surface area (Å²) in [6, 6.07) is 58.7. The number of fused-ring (bicyclic) bond motifs is 4.